The number of aromatic nitrogens is 5. The molecule has 0 spiro atoms. The number of aryl methyl sites for hydroxylation is 2. The molecule has 4 aromatic rings. The summed E-state index contributed by atoms with van der Waals surface area (Å²) in [7, 11) is 1.80. The van der Waals surface area contributed by atoms with Crippen molar-refractivity contribution < 1.29 is 4.79 Å². The molecule has 4 aromatic heterocycles. The summed E-state index contributed by atoms with van der Waals surface area (Å²) < 4.78 is 1.64. The first-order chi connectivity index (χ1) is 13.6. The lowest BCUT2D eigenvalue weighted by molar-refractivity contribution is 0.102. The molecule has 0 saturated heterocycles. The van der Waals surface area contributed by atoms with Gasteiger partial charge in [-0.3, -0.25) is 19.4 Å². The number of anilines is 1. The van der Waals surface area contributed by atoms with Crippen molar-refractivity contribution in [3.8, 4) is 22.6 Å². The van der Waals surface area contributed by atoms with Gasteiger partial charge in [0.1, 0.15) is 11.4 Å². The Morgan fingerprint density at radius 1 is 1.04 bits per heavy atom. The Hall–Kier alpha value is -3.87. The van der Waals surface area contributed by atoms with Gasteiger partial charge in [-0.1, -0.05) is 12.1 Å². The first-order valence-corrected chi connectivity index (χ1v) is 8.76. The summed E-state index contributed by atoms with van der Waals surface area (Å²) in [5.74, 6) is -0.310. The van der Waals surface area contributed by atoms with E-state index in [4.69, 9.17) is 0 Å². The second-order valence-corrected chi connectivity index (χ2v) is 6.34. The highest BCUT2D eigenvalue weighted by molar-refractivity contribution is 6.04. The zero-order valence-electron chi connectivity index (χ0n) is 15.5. The minimum Gasteiger partial charge on any atom is -0.317 e. The Labute approximate surface area is 162 Å². The Kier molecular flexibility index (Phi) is 4.63. The molecular formula is C21H18N6O. The number of carbonyl (C=O) groups is 1. The third-order valence-electron chi connectivity index (χ3n) is 4.25. The zero-order chi connectivity index (χ0) is 19.5. The molecule has 0 aliphatic rings. The normalized spacial score (nSPS) is 10.6. The molecule has 0 radical (unpaired) electrons. The molecule has 0 fully saturated rings. The van der Waals surface area contributed by atoms with E-state index in [0.29, 0.717) is 22.8 Å². The van der Waals surface area contributed by atoms with Crippen LogP contribution in [0.15, 0.2) is 67.3 Å². The highest BCUT2D eigenvalue weighted by Gasteiger charge is 2.17. The molecule has 1 amide bonds. The number of hydrogen-bond donors (Lipinski definition) is 1. The van der Waals surface area contributed by atoms with Gasteiger partial charge < -0.3 is 5.32 Å². The van der Waals surface area contributed by atoms with Crippen molar-refractivity contribution in [2.75, 3.05) is 5.32 Å². The Morgan fingerprint density at radius 3 is 2.68 bits per heavy atom. The van der Waals surface area contributed by atoms with Crippen LogP contribution in [-0.4, -0.2) is 30.6 Å². The highest BCUT2D eigenvalue weighted by Crippen LogP contribution is 2.25. The summed E-state index contributed by atoms with van der Waals surface area (Å²) in [5, 5.41) is 7.32. The van der Waals surface area contributed by atoms with E-state index in [1.807, 2.05) is 43.3 Å². The Morgan fingerprint density at radius 2 is 1.93 bits per heavy atom. The van der Waals surface area contributed by atoms with E-state index >= 15 is 0 Å². The number of pyridine rings is 3. The molecule has 7 heteroatoms. The fourth-order valence-corrected chi connectivity index (χ4v) is 2.91. The minimum absolute atomic E-state index is 0.310. The van der Waals surface area contributed by atoms with E-state index in [1.165, 1.54) is 0 Å². The summed E-state index contributed by atoms with van der Waals surface area (Å²) >= 11 is 0. The predicted octanol–water partition coefficient (Wildman–Crippen LogP) is 3.50. The van der Waals surface area contributed by atoms with Gasteiger partial charge >= 0.3 is 0 Å². The minimum atomic E-state index is -0.310. The van der Waals surface area contributed by atoms with E-state index in [9.17, 15) is 4.79 Å². The van der Waals surface area contributed by atoms with Crippen molar-refractivity contribution in [2.45, 2.75) is 6.92 Å². The fraction of sp³-hybridized carbons (Fsp3) is 0.0952. The number of amides is 1. The third-order valence-corrected chi connectivity index (χ3v) is 4.25. The van der Waals surface area contributed by atoms with Crippen LogP contribution in [0, 0.1) is 6.92 Å². The van der Waals surface area contributed by atoms with Gasteiger partial charge in [-0.05, 0) is 42.8 Å². The molecule has 0 aliphatic carbocycles. The lowest BCUT2D eigenvalue weighted by atomic mass is 10.1. The molecule has 0 atom stereocenters. The maximum absolute atomic E-state index is 12.9. The molecule has 0 aromatic carbocycles. The van der Waals surface area contributed by atoms with Crippen molar-refractivity contribution >= 4 is 11.6 Å². The molecule has 0 bridgehead atoms. The number of carbonyl (C=O) groups excluding carboxylic acids is 1. The van der Waals surface area contributed by atoms with Crippen LogP contribution < -0.4 is 5.32 Å². The van der Waals surface area contributed by atoms with Crippen molar-refractivity contribution in [1.82, 2.24) is 24.7 Å². The van der Waals surface area contributed by atoms with Crippen molar-refractivity contribution in [1.29, 1.82) is 0 Å². The Bertz CT molecular complexity index is 1120. The van der Waals surface area contributed by atoms with Gasteiger partial charge in [0.25, 0.3) is 5.91 Å². The number of nitrogens with one attached hydrogen (secondary N) is 1. The Balaban J connectivity index is 1.66. The first kappa shape index (κ1) is 17.5. The first-order valence-electron chi connectivity index (χ1n) is 8.76. The summed E-state index contributed by atoms with van der Waals surface area (Å²) in [6.07, 6.45) is 6.88. The van der Waals surface area contributed by atoms with Crippen molar-refractivity contribution in [2.24, 2.45) is 7.05 Å². The van der Waals surface area contributed by atoms with Crippen LogP contribution in [0.3, 0.4) is 0 Å². The molecule has 7 nitrogen and oxygen atoms in total. The molecule has 4 heterocycles. The number of hydrogen-bond acceptors (Lipinski definition) is 5. The SMILES string of the molecule is Cc1ccc(C(=O)Nc2cn(C)nc2-c2ccccn2)nc1-c1cccnc1. The molecule has 1 N–H and O–H groups in total. The van der Waals surface area contributed by atoms with E-state index in [1.54, 1.807) is 42.6 Å². The highest BCUT2D eigenvalue weighted by atomic mass is 16.1. The van der Waals surface area contributed by atoms with Crippen LogP contribution in [0.1, 0.15) is 16.1 Å². The smallest absolute Gasteiger partial charge is 0.274 e. The predicted molar refractivity (Wildman–Crippen MR) is 107 cm³/mol. The second kappa shape index (κ2) is 7.40. The van der Waals surface area contributed by atoms with Gasteiger partial charge in [0.05, 0.1) is 17.1 Å². The van der Waals surface area contributed by atoms with E-state index in [-0.39, 0.29) is 5.91 Å². The lowest BCUT2D eigenvalue weighted by Gasteiger charge is -2.09. The quantitative estimate of drug-likeness (QED) is 0.594. The number of rotatable bonds is 4. The van der Waals surface area contributed by atoms with Crippen LogP contribution in [0.4, 0.5) is 5.69 Å². The van der Waals surface area contributed by atoms with Gasteiger partial charge in [-0.15, -0.1) is 0 Å². The van der Waals surface area contributed by atoms with Crippen molar-refractivity contribution in [3.05, 3.63) is 78.5 Å². The average Bonchev–Trinajstić information content (AvgIpc) is 3.09. The summed E-state index contributed by atoms with van der Waals surface area (Å²) in [5.41, 5.74) is 4.77. The maximum atomic E-state index is 12.9. The molecule has 138 valence electrons. The largest absolute Gasteiger partial charge is 0.317 e. The molecule has 4 rings (SSSR count). The summed E-state index contributed by atoms with van der Waals surface area (Å²) in [4.78, 5) is 25.9. The monoisotopic (exact) mass is 370 g/mol. The molecule has 28 heavy (non-hydrogen) atoms. The van der Waals surface area contributed by atoms with E-state index in [0.717, 1.165) is 16.8 Å². The number of nitrogens with zero attached hydrogens (tertiary/aromatic N) is 5. The van der Waals surface area contributed by atoms with Gasteiger partial charge in [0.2, 0.25) is 0 Å². The van der Waals surface area contributed by atoms with Crippen LogP contribution in [0.25, 0.3) is 22.6 Å². The standard InChI is InChI=1S/C21H18N6O/c1-14-8-9-17(24-19(14)15-6-5-10-22-12-15)21(28)25-18-13-27(2)26-20(18)16-7-3-4-11-23-16/h3-13H,1-2H3,(H,25,28). The van der Waals surface area contributed by atoms with Crippen LogP contribution in [-0.2, 0) is 7.05 Å². The van der Waals surface area contributed by atoms with E-state index < -0.39 is 0 Å². The maximum Gasteiger partial charge on any atom is 0.274 e. The van der Waals surface area contributed by atoms with Gasteiger partial charge in [-0.25, -0.2) is 4.98 Å². The molecule has 0 unspecified atom stereocenters. The van der Waals surface area contributed by atoms with Crippen molar-refractivity contribution in [3.63, 3.8) is 0 Å². The second-order valence-electron chi connectivity index (χ2n) is 6.34. The van der Waals surface area contributed by atoms with Gasteiger partial charge in [0.15, 0.2) is 0 Å². The summed E-state index contributed by atoms with van der Waals surface area (Å²) in [6, 6.07) is 12.9. The molecule has 0 aliphatic heterocycles. The van der Waals surface area contributed by atoms with Crippen LogP contribution in [0.2, 0.25) is 0 Å². The average molecular weight is 370 g/mol. The van der Waals surface area contributed by atoms with Gasteiger partial charge in [-0.2, -0.15) is 5.10 Å². The van der Waals surface area contributed by atoms with Crippen LogP contribution >= 0.6 is 0 Å². The molecule has 0 saturated carbocycles. The van der Waals surface area contributed by atoms with E-state index in [2.05, 4.69) is 25.4 Å². The zero-order valence-corrected chi connectivity index (χ0v) is 15.5. The third kappa shape index (κ3) is 3.50. The topological polar surface area (TPSA) is 85.6 Å². The van der Waals surface area contributed by atoms with Crippen LogP contribution in [0.5, 0.6) is 0 Å². The summed E-state index contributed by atoms with van der Waals surface area (Å²) in [6.45, 7) is 1.96. The molecular weight excluding hydrogens is 352 g/mol. The lowest BCUT2D eigenvalue weighted by Crippen LogP contribution is -2.14. The fourth-order valence-electron chi connectivity index (χ4n) is 2.91. The van der Waals surface area contributed by atoms with Gasteiger partial charge in [0, 0.05) is 37.4 Å².